The van der Waals surface area contributed by atoms with Crippen LogP contribution >= 0.6 is 11.3 Å². The number of nitrogens with one attached hydrogen (secondary N) is 1. The third-order valence-electron chi connectivity index (χ3n) is 3.71. The molecule has 0 unspecified atom stereocenters. The van der Waals surface area contributed by atoms with Crippen LogP contribution in [0.3, 0.4) is 0 Å². The zero-order chi connectivity index (χ0) is 17.2. The smallest absolute Gasteiger partial charge is 0.269 e. The second kappa shape index (κ2) is 6.29. The summed E-state index contributed by atoms with van der Waals surface area (Å²) in [4.78, 5) is 20.1. The Labute approximate surface area is 147 Å². The normalized spacial score (nSPS) is 10.7. The molecule has 2 heterocycles. The van der Waals surface area contributed by atoms with Crippen molar-refractivity contribution in [1.29, 1.82) is 0 Å². The number of benzene rings is 2. The van der Waals surface area contributed by atoms with Crippen LogP contribution in [0.4, 0.5) is 17.2 Å². The number of fused-ring (bicyclic) bond motifs is 1. The second-order valence-corrected chi connectivity index (χ2v) is 6.39. The number of hydrogen-bond donors (Lipinski definition) is 1. The number of non-ortho nitro benzene ring substituents is 1. The van der Waals surface area contributed by atoms with Crippen LogP contribution in [0, 0.1) is 10.1 Å². The van der Waals surface area contributed by atoms with E-state index >= 15 is 0 Å². The Bertz CT molecular complexity index is 1050. The van der Waals surface area contributed by atoms with Gasteiger partial charge in [0.2, 0.25) is 0 Å². The topological polar surface area (TPSA) is 81.0 Å². The number of anilines is 2. The molecule has 2 aromatic heterocycles. The molecule has 25 heavy (non-hydrogen) atoms. The van der Waals surface area contributed by atoms with Crippen LogP contribution in [0.15, 0.2) is 67.0 Å². The Morgan fingerprint density at radius 1 is 1.00 bits per heavy atom. The Hall–Kier alpha value is -3.32. The Balaban J connectivity index is 1.70. The fourth-order valence-electron chi connectivity index (χ4n) is 2.49. The predicted molar refractivity (Wildman–Crippen MR) is 99.2 cm³/mol. The Kier molecular flexibility index (Phi) is 3.83. The Morgan fingerprint density at radius 2 is 1.76 bits per heavy atom. The highest BCUT2D eigenvalue weighted by atomic mass is 32.1. The molecule has 0 radical (unpaired) electrons. The molecular formula is C18H12N4O2S. The lowest BCUT2D eigenvalue weighted by Gasteiger charge is -2.05. The van der Waals surface area contributed by atoms with E-state index in [-0.39, 0.29) is 5.69 Å². The van der Waals surface area contributed by atoms with E-state index in [1.54, 1.807) is 23.5 Å². The van der Waals surface area contributed by atoms with Gasteiger partial charge in [-0.3, -0.25) is 10.1 Å². The van der Waals surface area contributed by atoms with Gasteiger partial charge in [0.1, 0.15) is 6.33 Å². The fraction of sp³-hybridized carbons (Fsp3) is 0. The van der Waals surface area contributed by atoms with Crippen molar-refractivity contribution in [2.24, 2.45) is 0 Å². The van der Waals surface area contributed by atoms with Gasteiger partial charge in [-0.05, 0) is 23.8 Å². The number of nitro groups is 1. The molecule has 0 amide bonds. The zero-order valence-electron chi connectivity index (χ0n) is 12.9. The average Bonchev–Trinajstić information content (AvgIpc) is 3.08. The van der Waals surface area contributed by atoms with Crippen molar-refractivity contribution in [3.05, 3.63) is 77.1 Å². The van der Waals surface area contributed by atoms with E-state index in [1.165, 1.54) is 18.5 Å². The van der Waals surface area contributed by atoms with Gasteiger partial charge in [-0.2, -0.15) is 0 Å². The molecule has 0 atom stereocenters. The first-order chi connectivity index (χ1) is 12.2. The molecule has 0 bridgehead atoms. The van der Waals surface area contributed by atoms with Gasteiger partial charge in [-0.1, -0.05) is 30.3 Å². The first-order valence-corrected chi connectivity index (χ1v) is 8.34. The number of aromatic nitrogens is 2. The number of thiophene rings is 1. The van der Waals surface area contributed by atoms with Crippen molar-refractivity contribution >= 4 is 38.7 Å². The van der Waals surface area contributed by atoms with Crippen LogP contribution < -0.4 is 5.32 Å². The minimum atomic E-state index is -0.419. The summed E-state index contributed by atoms with van der Waals surface area (Å²) < 4.78 is 0.944. The van der Waals surface area contributed by atoms with Gasteiger partial charge >= 0.3 is 0 Å². The molecule has 122 valence electrons. The van der Waals surface area contributed by atoms with Crippen molar-refractivity contribution in [3.63, 3.8) is 0 Å². The molecule has 4 rings (SSSR count). The Morgan fingerprint density at radius 3 is 2.48 bits per heavy atom. The minimum Gasteiger partial charge on any atom is -0.339 e. The van der Waals surface area contributed by atoms with E-state index in [1.807, 2.05) is 24.3 Å². The van der Waals surface area contributed by atoms with Gasteiger partial charge in [0.15, 0.2) is 5.82 Å². The standard InChI is InChI=1S/C18H12N4O2S/c23-22(24)14-8-6-13(7-9-14)21-18-17-15(19-11-20-18)10-16(25-17)12-4-2-1-3-5-12/h1-11H,(H,19,20,21). The van der Waals surface area contributed by atoms with E-state index in [4.69, 9.17) is 0 Å². The van der Waals surface area contributed by atoms with Crippen molar-refractivity contribution in [2.45, 2.75) is 0 Å². The largest absolute Gasteiger partial charge is 0.339 e. The maximum Gasteiger partial charge on any atom is 0.269 e. The van der Waals surface area contributed by atoms with Crippen molar-refractivity contribution < 1.29 is 4.92 Å². The summed E-state index contributed by atoms with van der Waals surface area (Å²) in [5.74, 6) is 0.686. The predicted octanol–water partition coefficient (Wildman–Crippen LogP) is 5.01. The van der Waals surface area contributed by atoms with Gasteiger partial charge in [-0.15, -0.1) is 11.3 Å². The fourth-order valence-corrected chi connectivity index (χ4v) is 3.55. The van der Waals surface area contributed by atoms with Crippen molar-refractivity contribution in [2.75, 3.05) is 5.32 Å². The van der Waals surface area contributed by atoms with Gasteiger partial charge in [-0.25, -0.2) is 9.97 Å². The zero-order valence-corrected chi connectivity index (χ0v) is 13.7. The van der Waals surface area contributed by atoms with Crippen LogP contribution in [-0.4, -0.2) is 14.9 Å². The molecule has 0 aliphatic rings. The van der Waals surface area contributed by atoms with E-state index in [2.05, 4.69) is 27.4 Å². The maximum absolute atomic E-state index is 10.7. The molecule has 0 saturated carbocycles. The molecule has 0 spiro atoms. The van der Waals surface area contributed by atoms with Crippen LogP contribution in [-0.2, 0) is 0 Å². The van der Waals surface area contributed by atoms with E-state index in [9.17, 15) is 10.1 Å². The summed E-state index contributed by atoms with van der Waals surface area (Å²) >= 11 is 1.61. The quantitative estimate of drug-likeness (QED) is 0.414. The number of hydrogen-bond acceptors (Lipinski definition) is 6. The SMILES string of the molecule is O=[N+]([O-])c1ccc(Nc2ncnc3cc(-c4ccccc4)sc23)cc1. The lowest BCUT2D eigenvalue weighted by molar-refractivity contribution is -0.384. The highest BCUT2D eigenvalue weighted by Crippen LogP contribution is 2.36. The molecule has 0 aliphatic heterocycles. The lowest BCUT2D eigenvalue weighted by atomic mass is 10.2. The summed E-state index contributed by atoms with van der Waals surface area (Å²) in [5, 5.41) is 14.0. The van der Waals surface area contributed by atoms with Crippen molar-refractivity contribution in [3.8, 4) is 10.4 Å². The molecule has 1 N–H and O–H groups in total. The second-order valence-electron chi connectivity index (χ2n) is 5.34. The first-order valence-electron chi connectivity index (χ1n) is 7.52. The molecule has 0 aliphatic carbocycles. The van der Waals surface area contributed by atoms with E-state index < -0.39 is 4.92 Å². The maximum atomic E-state index is 10.7. The number of nitrogens with zero attached hydrogens (tertiary/aromatic N) is 3. The third-order valence-corrected chi connectivity index (χ3v) is 4.89. The first kappa shape index (κ1) is 15.2. The van der Waals surface area contributed by atoms with Gasteiger partial charge in [0, 0.05) is 22.7 Å². The summed E-state index contributed by atoms with van der Waals surface area (Å²) in [6.45, 7) is 0. The van der Waals surface area contributed by atoms with E-state index in [0.717, 1.165) is 26.3 Å². The summed E-state index contributed by atoms with van der Waals surface area (Å²) in [6, 6.07) is 18.4. The van der Waals surface area contributed by atoms with Crippen LogP contribution in [0.2, 0.25) is 0 Å². The minimum absolute atomic E-state index is 0.0564. The molecule has 7 heteroatoms. The third kappa shape index (κ3) is 3.05. The van der Waals surface area contributed by atoms with Crippen LogP contribution in [0.5, 0.6) is 0 Å². The van der Waals surface area contributed by atoms with Crippen molar-refractivity contribution in [1.82, 2.24) is 9.97 Å². The van der Waals surface area contributed by atoms with Gasteiger partial charge in [0.05, 0.1) is 15.1 Å². The summed E-state index contributed by atoms with van der Waals surface area (Å²) in [7, 11) is 0. The summed E-state index contributed by atoms with van der Waals surface area (Å²) in [6.07, 6.45) is 1.51. The van der Waals surface area contributed by atoms with Crippen LogP contribution in [0.25, 0.3) is 20.7 Å². The summed E-state index contributed by atoms with van der Waals surface area (Å²) in [5.41, 5.74) is 2.79. The van der Waals surface area contributed by atoms with Crippen LogP contribution in [0.1, 0.15) is 0 Å². The number of nitro benzene ring substituents is 1. The van der Waals surface area contributed by atoms with Gasteiger partial charge < -0.3 is 5.32 Å². The highest BCUT2D eigenvalue weighted by molar-refractivity contribution is 7.22. The van der Waals surface area contributed by atoms with Gasteiger partial charge in [0.25, 0.3) is 5.69 Å². The van der Waals surface area contributed by atoms with E-state index in [0.29, 0.717) is 5.82 Å². The molecule has 4 aromatic rings. The molecular weight excluding hydrogens is 336 g/mol. The monoisotopic (exact) mass is 348 g/mol. The molecule has 6 nitrogen and oxygen atoms in total. The molecule has 0 saturated heterocycles. The molecule has 2 aromatic carbocycles. The molecule has 0 fully saturated rings. The number of rotatable bonds is 4. The average molecular weight is 348 g/mol. The lowest BCUT2D eigenvalue weighted by Crippen LogP contribution is -1.95. The highest BCUT2D eigenvalue weighted by Gasteiger charge is 2.11.